The van der Waals surface area contributed by atoms with Gasteiger partial charge in [-0.3, -0.25) is 19.8 Å². The third-order valence-corrected chi connectivity index (χ3v) is 7.97. The second-order valence-electron chi connectivity index (χ2n) is 8.01. The topological polar surface area (TPSA) is 116 Å². The molecule has 0 saturated carbocycles. The molecule has 4 rings (SSSR count). The Morgan fingerprint density at radius 2 is 1.73 bits per heavy atom. The van der Waals surface area contributed by atoms with Crippen LogP contribution in [0.3, 0.4) is 0 Å². The molecule has 1 saturated heterocycles. The first-order valence-corrected chi connectivity index (χ1v) is 13.4. The van der Waals surface area contributed by atoms with Gasteiger partial charge in [-0.1, -0.05) is 53.8 Å². The summed E-state index contributed by atoms with van der Waals surface area (Å²) >= 11 is 6.56. The van der Waals surface area contributed by atoms with Crippen LogP contribution in [-0.2, 0) is 14.9 Å². The molecule has 0 aromatic heterocycles. The summed E-state index contributed by atoms with van der Waals surface area (Å²) in [4.78, 5) is 25.1. The first kappa shape index (κ1) is 26.3. The molecule has 1 amide bonds. The molecule has 1 heterocycles. The maximum atomic E-state index is 13.0. The SMILES string of the molecule is COc1cc(/C=C2/SC(=S)N(c3ccc(C)cc3)C2=O)ccc1OS(=O)(=O)c1ccc(C)c([N+](=O)[O-])c1. The molecule has 3 aromatic rings. The maximum absolute atomic E-state index is 13.0. The summed E-state index contributed by atoms with van der Waals surface area (Å²) in [5.74, 6) is -0.301. The monoisotopic (exact) mass is 556 g/mol. The van der Waals surface area contributed by atoms with Gasteiger partial charge in [-0.05, 0) is 55.8 Å². The fourth-order valence-corrected chi connectivity index (χ4v) is 5.75. The van der Waals surface area contributed by atoms with E-state index < -0.39 is 15.0 Å². The van der Waals surface area contributed by atoms with Crippen LogP contribution in [0.1, 0.15) is 16.7 Å². The predicted octanol–water partition coefficient (Wildman–Crippen LogP) is 5.39. The van der Waals surface area contributed by atoms with Crippen molar-refractivity contribution in [3.05, 3.63) is 92.4 Å². The minimum Gasteiger partial charge on any atom is -0.493 e. The highest BCUT2D eigenvalue weighted by Crippen LogP contribution is 2.38. The molecule has 0 atom stereocenters. The van der Waals surface area contributed by atoms with Crippen molar-refractivity contribution in [2.45, 2.75) is 18.7 Å². The van der Waals surface area contributed by atoms with Gasteiger partial charge in [0, 0.05) is 11.6 Å². The number of methoxy groups -OCH3 is 1. The molecule has 0 aliphatic carbocycles. The number of thiocarbonyl (C=S) groups is 1. The molecular formula is C25H20N2O7S3. The number of hydrogen-bond donors (Lipinski definition) is 0. The normalized spacial score (nSPS) is 14.8. The zero-order valence-electron chi connectivity index (χ0n) is 19.8. The van der Waals surface area contributed by atoms with Gasteiger partial charge in [0.25, 0.3) is 11.6 Å². The third kappa shape index (κ3) is 5.50. The summed E-state index contributed by atoms with van der Waals surface area (Å²) in [6.07, 6.45) is 1.62. The Labute approximate surface area is 223 Å². The highest BCUT2D eigenvalue weighted by molar-refractivity contribution is 8.27. The van der Waals surface area contributed by atoms with E-state index in [2.05, 4.69) is 0 Å². The van der Waals surface area contributed by atoms with Crippen LogP contribution >= 0.6 is 24.0 Å². The Morgan fingerprint density at radius 1 is 1.03 bits per heavy atom. The fourth-order valence-electron chi connectivity index (χ4n) is 3.49. The number of rotatable bonds is 7. The number of thioether (sulfide) groups is 1. The van der Waals surface area contributed by atoms with E-state index in [9.17, 15) is 23.3 Å². The molecule has 0 spiro atoms. The standard InChI is InChI=1S/C25H20N2O7S3/c1-15-4-8-18(9-5-15)26-24(28)23(36-25(26)35)13-17-7-11-21(22(12-17)33-3)34-37(31,32)19-10-6-16(2)20(14-19)27(29)30/h4-14H,1-3H3/b23-13+. The number of nitro benzene ring substituents is 1. The Kier molecular flexibility index (Phi) is 7.35. The van der Waals surface area contributed by atoms with Crippen molar-refractivity contribution in [2.24, 2.45) is 0 Å². The minimum absolute atomic E-state index is 0.0907. The van der Waals surface area contributed by atoms with E-state index in [1.165, 1.54) is 43.2 Å². The zero-order valence-corrected chi connectivity index (χ0v) is 22.3. The Balaban J connectivity index is 1.60. The van der Waals surface area contributed by atoms with E-state index in [-0.39, 0.29) is 28.0 Å². The second kappa shape index (κ2) is 10.3. The van der Waals surface area contributed by atoms with Crippen molar-refractivity contribution in [1.29, 1.82) is 0 Å². The summed E-state index contributed by atoms with van der Waals surface area (Å²) in [6.45, 7) is 3.45. The van der Waals surface area contributed by atoms with Crippen LogP contribution in [0.5, 0.6) is 11.5 Å². The second-order valence-corrected chi connectivity index (χ2v) is 11.2. The van der Waals surface area contributed by atoms with Gasteiger partial charge in [0.05, 0.1) is 22.6 Å². The van der Waals surface area contributed by atoms with Gasteiger partial charge in [0.15, 0.2) is 15.8 Å². The van der Waals surface area contributed by atoms with Gasteiger partial charge in [0.1, 0.15) is 4.90 Å². The number of amides is 1. The first-order chi connectivity index (χ1) is 17.5. The van der Waals surface area contributed by atoms with Crippen LogP contribution in [0.4, 0.5) is 11.4 Å². The molecule has 1 aliphatic heterocycles. The predicted molar refractivity (Wildman–Crippen MR) is 145 cm³/mol. The molecule has 1 aliphatic rings. The van der Waals surface area contributed by atoms with Gasteiger partial charge >= 0.3 is 10.1 Å². The average Bonchev–Trinajstić information content (AvgIpc) is 3.12. The number of carbonyl (C=O) groups excluding carboxylic acids is 1. The number of ether oxygens (including phenoxy) is 1. The summed E-state index contributed by atoms with van der Waals surface area (Å²) in [5.41, 5.74) is 2.26. The molecule has 9 nitrogen and oxygen atoms in total. The van der Waals surface area contributed by atoms with Crippen LogP contribution < -0.4 is 13.8 Å². The van der Waals surface area contributed by atoms with Crippen molar-refractivity contribution in [1.82, 2.24) is 0 Å². The van der Waals surface area contributed by atoms with E-state index in [1.54, 1.807) is 12.1 Å². The minimum atomic E-state index is -4.39. The van der Waals surface area contributed by atoms with Gasteiger partial charge in [0.2, 0.25) is 0 Å². The van der Waals surface area contributed by atoms with E-state index in [0.717, 1.165) is 23.4 Å². The van der Waals surface area contributed by atoms with Crippen LogP contribution in [-0.4, -0.2) is 30.7 Å². The summed E-state index contributed by atoms with van der Waals surface area (Å²) in [5, 5.41) is 11.2. The van der Waals surface area contributed by atoms with E-state index in [0.29, 0.717) is 26.0 Å². The van der Waals surface area contributed by atoms with Gasteiger partial charge in [-0.15, -0.1) is 0 Å². The molecule has 0 N–H and O–H groups in total. The molecular weight excluding hydrogens is 536 g/mol. The number of benzene rings is 3. The van der Waals surface area contributed by atoms with E-state index >= 15 is 0 Å². The smallest absolute Gasteiger partial charge is 0.339 e. The summed E-state index contributed by atoms with van der Waals surface area (Å²) in [6, 6.07) is 15.4. The molecule has 0 radical (unpaired) electrons. The van der Waals surface area contributed by atoms with Crippen molar-refractivity contribution >= 4 is 61.8 Å². The molecule has 12 heteroatoms. The van der Waals surface area contributed by atoms with E-state index in [1.807, 2.05) is 31.2 Å². The van der Waals surface area contributed by atoms with Crippen molar-refractivity contribution in [3.63, 3.8) is 0 Å². The Hall–Kier alpha value is -3.74. The van der Waals surface area contributed by atoms with Gasteiger partial charge in [-0.25, -0.2) is 0 Å². The molecule has 190 valence electrons. The maximum Gasteiger partial charge on any atom is 0.339 e. The van der Waals surface area contributed by atoms with Crippen molar-refractivity contribution < 1.29 is 27.1 Å². The van der Waals surface area contributed by atoms with Crippen LogP contribution in [0.2, 0.25) is 0 Å². The Morgan fingerprint density at radius 3 is 2.38 bits per heavy atom. The molecule has 0 bridgehead atoms. The number of hydrogen-bond acceptors (Lipinski definition) is 9. The fraction of sp³-hybridized carbons (Fsp3) is 0.120. The van der Waals surface area contributed by atoms with Crippen molar-refractivity contribution in [3.8, 4) is 11.5 Å². The van der Waals surface area contributed by atoms with Crippen molar-refractivity contribution in [2.75, 3.05) is 12.0 Å². The quantitative estimate of drug-likeness (QED) is 0.124. The number of anilines is 1. The summed E-state index contributed by atoms with van der Waals surface area (Å²) in [7, 11) is -3.05. The number of nitrogens with zero attached hydrogens (tertiary/aromatic N) is 2. The van der Waals surface area contributed by atoms with Crippen LogP contribution in [0, 0.1) is 24.0 Å². The van der Waals surface area contributed by atoms with Gasteiger partial charge < -0.3 is 8.92 Å². The molecule has 3 aromatic carbocycles. The lowest BCUT2D eigenvalue weighted by molar-refractivity contribution is -0.385. The molecule has 37 heavy (non-hydrogen) atoms. The Bertz CT molecular complexity index is 1570. The number of carbonyl (C=O) groups is 1. The highest BCUT2D eigenvalue weighted by atomic mass is 32.2. The lowest BCUT2D eigenvalue weighted by Gasteiger charge is -2.14. The molecule has 1 fully saturated rings. The largest absolute Gasteiger partial charge is 0.493 e. The first-order valence-electron chi connectivity index (χ1n) is 10.7. The third-order valence-electron chi connectivity index (χ3n) is 5.44. The number of nitro groups is 1. The highest BCUT2D eigenvalue weighted by Gasteiger charge is 2.33. The zero-order chi connectivity index (χ0) is 26.9. The van der Waals surface area contributed by atoms with Crippen LogP contribution in [0.15, 0.2) is 70.5 Å². The number of aryl methyl sites for hydroxylation is 2. The van der Waals surface area contributed by atoms with E-state index in [4.69, 9.17) is 21.1 Å². The molecule has 0 unspecified atom stereocenters. The van der Waals surface area contributed by atoms with Crippen LogP contribution in [0.25, 0.3) is 6.08 Å². The summed E-state index contributed by atoms with van der Waals surface area (Å²) < 4.78 is 36.6. The van der Waals surface area contributed by atoms with Gasteiger partial charge in [-0.2, -0.15) is 8.42 Å². The lowest BCUT2D eigenvalue weighted by Crippen LogP contribution is -2.27. The average molecular weight is 557 g/mol. The lowest BCUT2D eigenvalue weighted by atomic mass is 10.1.